The number of nitrogens with zero attached hydrogens (tertiary/aromatic N) is 1. The molecule has 0 atom stereocenters. The first-order chi connectivity index (χ1) is 11.0. The molecule has 1 aromatic heterocycles. The first-order valence-corrected chi connectivity index (χ1v) is 8.63. The Morgan fingerprint density at radius 2 is 1.78 bits per heavy atom. The Balaban J connectivity index is 2.30. The largest absolute Gasteiger partial charge is 0.312 e. The van der Waals surface area contributed by atoms with Gasteiger partial charge in [0.25, 0.3) is 0 Å². The van der Waals surface area contributed by atoms with Crippen LogP contribution in [-0.2, 0) is 6.54 Å². The van der Waals surface area contributed by atoms with Gasteiger partial charge in [0.1, 0.15) is 0 Å². The topological polar surface area (TPSA) is 36.1 Å². The van der Waals surface area contributed by atoms with E-state index in [4.69, 9.17) is 0 Å². The van der Waals surface area contributed by atoms with Crippen LogP contribution in [-0.4, -0.2) is 23.0 Å². The van der Waals surface area contributed by atoms with Gasteiger partial charge in [0.05, 0.1) is 5.69 Å². The Morgan fingerprint density at radius 3 is 2.30 bits per heavy atom. The summed E-state index contributed by atoms with van der Waals surface area (Å²) in [5.74, 6) is 0.501. The molecule has 23 heavy (non-hydrogen) atoms. The lowest BCUT2D eigenvalue weighted by atomic mass is 10.0. The second-order valence-corrected chi connectivity index (χ2v) is 6.93. The van der Waals surface area contributed by atoms with Crippen molar-refractivity contribution in [3.8, 4) is 11.3 Å². The van der Waals surface area contributed by atoms with Crippen molar-refractivity contribution in [1.29, 1.82) is 0 Å². The van der Waals surface area contributed by atoms with Crippen molar-refractivity contribution in [1.82, 2.24) is 9.88 Å². The van der Waals surface area contributed by atoms with Gasteiger partial charge in [0.2, 0.25) is 0 Å². The van der Waals surface area contributed by atoms with Crippen molar-refractivity contribution >= 4 is 11.3 Å². The highest BCUT2D eigenvalue weighted by molar-refractivity contribution is 7.09. The van der Waals surface area contributed by atoms with Crippen LogP contribution < -0.4 is 4.87 Å². The number of benzene rings is 1. The van der Waals surface area contributed by atoms with Crippen molar-refractivity contribution < 1.29 is 0 Å². The smallest absolute Gasteiger partial charge is 0.305 e. The lowest BCUT2D eigenvalue weighted by Crippen LogP contribution is -2.23. The third-order valence-electron chi connectivity index (χ3n) is 3.73. The molecular weight excluding hydrogens is 304 g/mol. The summed E-state index contributed by atoms with van der Waals surface area (Å²) in [5, 5.41) is 0. The average molecular weight is 328 g/mol. The maximum absolute atomic E-state index is 11.9. The highest BCUT2D eigenvalue weighted by atomic mass is 32.1. The van der Waals surface area contributed by atoms with Crippen LogP contribution in [0.5, 0.6) is 0 Å². The maximum atomic E-state index is 11.9. The zero-order valence-corrected chi connectivity index (χ0v) is 14.7. The molecule has 1 aromatic carbocycles. The van der Waals surface area contributed by atoms with Gasteiger partial charge < -0.3 is 4.98 Å². The molecule has 0 saturated carbocycles. The molecule has 0 spiro atoms. The van der Waals surface area contributed by atoms with E-state index in [0.29, 0.717) is 12.5 Å². The van der Waals surface area contributed by atoms with Crippen LogP contribution in [0.3, 0.4) is 0 Å². The molecule has 0 unspecified atom stereocenters. The molecule has 0 radical (unpaired) electrons. The summed E-state index contributed by atoms with van der Waals surface area (Å²) in [7, 11) is 0. The number of hydrogen-bond acceptors (Lipinski definition) is 3. The average Bonchev–Trinajstić information content (AvgIpc) is 2.88. The molecule has 2 aromatic rings. The van der Waals surface area contributed by atoms with Gasteiger partial charge in [0.15, 0.2) is 0 Å². The minimum absolute atomic E-state index is 0.0138. The predicted octanol–water partition coefficient (Wildman–Crippen LogP) is 4.40. The van der Waals surface area contributed by atoms with Gasteiger partial charge in [0, 0.05) is 24.5 Å². The summed E-state index contributed by atoms with van der Waals surface area (Å²) >= 11 is 1.28. The lowest BCUT2D eigenvalue weighted by molar-refractivity contribution is 0.331. The van der Waals surface area contributed by atoms with Crippen molar-refractivity contribution in [2.45, 2.75) is 26.3 Å². The van der Waals surface area contributed by atoms with Crippen molar-refractivity contribution in [3.05, 3.63) is 69.7 Å². The zero-order valence-electron chi connectivity index (χ0n) is 13.8. The molecule has 1 heterocycles. The molecule has 1 N–H and O–H groups in total. The lowest BCUT2D eigenvalue weighted by Gasteiger charge is -2.18. The summed E-state index contributed by atoms with van der Waals surface area (Å²) in [6.45, 7) is 14.2. The summed E-state index contributed by atoms with van der Waals surface area (Å²) in [6.07, 6.45) is 3.74. The van der Waals surface area contributed by atoms with Crippen molar-refractivity contribution in [2.75, 3.05) is 13.1 Å². The van der Waals surface area contributed by atoms with Crippen molar-refractivity contribution in [2.24, 2.45) is 0 Å². The van der Waals surface area contributed by atoms with Crippen LogP contribution in [0, 0.1) is 0 Å². The molecular formula is C19H24N2OS. The van der Waals surface area contributed by atoms with Gasteiger partial charge in [-0.3, -0.25) is 9.69 Å². The van der Waals surface area contributed by atoms with Crippen LogP contribution in [0.2, 0.25) is 0 Å². The Kier molecular flexibility index (Phi) is 6.13. The Morgan fingerprint density at radius 1 is 1.17 bits per heavy atom. The van der Waals surface area contributed by atoms with Gasteiger partial charge in [-0.15, -0.1) is 13.2 Å². The van der Waals surface area contributed by atoms with Gasteiger partial charge in [-0.05, 0) is 17.0 Å². The van der Waals surface area contributed by atoms with Crippen LogP contribution in [0.25, 0.3) is 11.3 Å². The maximum Gasteiger partial charge on any atom is 0.305 e. The van der Waals surface area contributed by atoms with E-state index >= 15 is 0 Å². The molecule has 2 rings (SSSR count). The Labute approximate surface area is 142 Å². The minimum atomic E-state index is -0.0138. The quantitative estimate of drug-likeness (QED) is 0.729. The van der Waals surface area contributed by atoms with Crippen LogP contribution in [0.15, 0.2) is 54.4 Å². The monoisotopic (exact) mass is 328 g/mol. The highest BCUT2D eigenvalue weighted by Gasteiger charge is 2.13. The molecule has 0 aliphatic rings. The highest BCUT2D eigenvalue weighted by Crippen LogP contribution is 2.26. The molecule has 0 aliphatic heterocycles. The Bertz CT molecular complexity index is 700. The number of thiazole rings is 1. The second-order valence-electron chi connectivity index (χ2n) is 5.86. The zero-order chi connectivity index (χ0) is 16.8. The van der Waals surface area contributed by atoms with E-state index in [9.17, 15) is 4.79 Å². The number of H-pyrrole nitrogens is 1. The number of aromatic nitrogens is 1. The molecule has 0 saturated heterocycles. The fourth-order valence-corrected chi connectivity index (χ4v) is 3.41. The first-order valence-electron chi connectivity index (χ1n) is 7.81. The fourth-order valence-electron chi connectivity index (χ4n) is 2.51. The molecule has 0 fully saturated rings. The number of nitrogens with one attached hydrogen (secondary N) is 1. The normalized spacial score (nSPS) is 11.1. The van der Waals surface area contributed by atoms with Gasteiger partial charge >= 0.3 is 4.87 Å². The van der Waals surface area contributed by atoms with Gasteiger partial charge in [-0.1, -0.05) is 61.6 Å². The van der Waals surface area contributed by atoms with Gasteiger partial charge in [-0.25, -0.2) is 0 Å². The first kappa shape index (κ1) is 17.4. The van der Waals surface area contributed by atoms with E-state index in [-0.39, 0.29) is 4.87 Å². The molecule has 122 valence electrons. The van der Waals surface area contributed by atoms with Crippen LogP contribution in [0.1, 0.15) is 30.2 Å². The summed E-state index contributed by atoms with van der Waals surface area (Å²) < 4.78 is 0. The van der Waals surface area contributed by atoms with E-state index in [0.717, 1.165) is 29.2 Å². The number of hydrogen-bond donors (Lipinski definition) is 1. The number of rotatable bonds is 8. The van der Waals surface area contributed by atoms with E-state index in [1.54, 1.807) is 0 Å². The molecule has 3 nitrogen and oxygen atoms in total. The minimum Gasteiger partial charge on any atom is -0.312 e. The van der Waals surface area contributed by atoms with Crippen molar-refractivity contribution in [3.63, 3.8) is 0 Å². The van der Waals surface area contributed by atoms with E-state index in [1.807, 2.05) is 12.2 Å². The fraction of sp³-hybridized carbons (Fsp3) is 0.316. The second kappa shape index (κ2) is 8.09. The third-order valence-corrected chi connectivity index (χ3v) is 4.60. The predicted molar refractivity (Wildman–Crippen MR) is 100 cm³/mol. The summed E-state index contributed by atoms with van der Waals surface area (Å²) in [6, 6.07) is 8.43. The SMILES string of the molecule is C=CCN(CC=C)Cc1sc(=O)[nH]c1-c1ccc(C(C)C)cc1. The Hall–Kier alpha value is -1.91. The van der Waals surface area contributed by atoms with E-state index < -0.39 is 0 Å². The standard InChI is InChI=1S/C19H24N2OS/c1-5-11-21(12-6-2)13-17-18(20-19(22)23-17)16-9-7-15(8-10-16)14(3)4/h5-10,14H,1-2,11-13H2,3-4H3,(H,20,22). The van der Waals surface area contributed by atoms with E-state index in [2.05, 4.69) is 61.2 Å². The number of aromatic amines is 1. The molecule has 0 aliphatic carbocycles. The van der Waals surface area contributed by atoms with Crippen LogP contribution >= 0.6 is 11.3 Å². The third kappa shape index (κ3) is 4.53. The summed E-state index contributed by atoms with van der Waals surface area (Å²) in [5.41, 5.74) is 3.28. The summed E-state index contributed by atoms with van der Waals surface area (Å²) in [4.78, 5) is 18.1. The van der Waals surface area contributed by atoms with Crippen LogP contribution in [0.4, 0.5) is 0 Å². The molecule has 4 heteroatoms. The van der Waals surface area contributed by atoms with E-state index in [1.165, 1.54) is 16.9 Å². The molecule has 0 amide bonds. The van der Waals surface area contributed by atoms with Gasteiger partial charge in [-0.2, -0.15) is 0 Å². The molecule has 0 bridgehead atoms.